The molecule has 1 unspecified atom stereocenters. The maximum atomic E-state index is 16.1. The molecule has 1 amide bonds. The molecule has 0 fully saturated rings. The average molecular weight is 617 g/mol. The number of hydrogen-bond acceptors (Lipinski definition) is 5. The fraction of sp³-hybridized carbons (Fsp3) is 0.237. The van der Waals surface area contributed by atoms with E-state index in [1.807, 2.05) is 72.3 Å². The van der Waals surface area contributed by atoms with Gasteiger partial charge in [-0.2, -0.15) is 0 Å². The molecule has 1 aromatic heterocycles. The van der Waals surface area contributed by atoms with Gasteiger partial charge in [-0.15, -0.1) is 0 Å². The second-order valence-electron chi connectivity index (χ2n) is 12.1. The molecule has 0 aliphatic carbocycles. The molecule has 0 saturated heterocycles. The lowest BCUT2D eigenvalue weighted by Gasteiger charge is -2.22. The zero-order chi connectivity index (χ0) is 31.9. The molecule has 0 saturated carbocycles. The first-order valence-corrected chi connectivity index (χ1v) is 15.9. The van der Waals surface area contributed by atoms with Crippen LogP contribution < -0.4 is 21.2 Å². The number of nitrogens with one attached hydrogen (secondary N) is 3. The molecule has 4 aromatic carbocycles. The number of carbonyl (C=O) groups is 1. The van der Waals surface area contributed by atoms with Crippen LogP contribution in [0.4, 0.5) is 21.5 Å². The summed E-state index contributed by atoms with van der Waals surface area (Å²) in [6, 6.07) is 20.5. The van der Waals surface area contributed by atoms with Crippen LogP contribution in [0.25, 0.3) is 56.3 Å². The number of fused-ring (bicyclic) bond motifs is 5. The van der Waals surface area contributed by atoms with Gasteiger partial charge in [-0.1, -0.05) is 57.9 Å². The highest BCUT2D eigenvalue weighted by molar-refractivity contribution is 6.11. The van der Waals surface area contributed by atoms with Crippen LogP contribution in [-0.2, 0) is 0 Å². The smallest absolute Gasteiger partial charge is 0.257 e. The van der Waals surface area contributed by atoms with Gasteiger partial charge in [-0.3, -0.25) is 4.79 Å². The molecule has 2 aliphatic heterocycles. The maximum Gasteiger partial charge on any atom is 0.257 e. The quantitative estimate of drug-likeness (QED) is 0.105. The summed E-state index contributed by atoms with van der Waals surface area (Å²) in [6.07, 6.45) is 6.14. The van der Waals surface area contributed by atoms with Crippen molar-refractivity contribution in [3.8, 4) is 5.69 Å². The third kappa shape index (κ3) is 5.13. The van der Waals surface area contributed by atoms with Gasteiger partial charge >= 0.3 is 0 Å². The number of rotatable bonds is 10. The molecule has 7 rings (SSSR count). The summed E-state index contributed by atoms with van der Waals surface area (Å²) in [7, 11) is 1.84. The van der Waals surface area contributed by atoms with Gasteiger partial charge in [0, 0.05) is 53.4 Å². The van der Waals surface area contributed by atoms with Gasteiger partial charge in [0.2, 0.25) is 0 Å². The summed E-state index contributed by atoms with van der Waals surface area (Å²) in [5.74, 6) is -0.293. The zero-order valence-corrected chi connectivity index (χ0v) is 26.3. The van der Waals surface area contributed by atoms with Crippen molar-refractivity contribution in [3.63, 3.8) is 0 Å². The summed E-state index contributed by atoms with van der Waals surface area (Å²) < 4.78 is 30.8. The molecule has 7 nitrogen and oxygen atoms in total. The van der Waals surface area contributed by atoms with Crippen LogP contribution in [0.2, 0.25) is 0 Å². The van der Waals surface area contributed by atoms with Gasteiger partial charge in [-0.05, 0) is 60.0 Å². The Morgan fingerprint density at radius 1 is 0.935 bits per heavy atom. The largest absolute Gasteiger partial charge is 0.456 e. The lowest BCUT2D eigenvalue weighted by molar-refractivity contribution is 0.102. The van der Waals surface area contributed by atoms with E-state index >= 15 is 4.39 Å². The lowest BCUT2D eigenvalue weighted by atomic mass is 10.0. The van der Waals surface area contributed by atoms with Crippen LogP contribution >= 0.6 is 0 Å². The number of furan rings is 1. The summed E-state index contributed by atoms with van der Waals surface area (Å²) in [6.45, 7) is 9.28. The minimum absolute atomic E-state index is 0.299. The van der Waals surface area contributed by atoms with Crippen LogP contribution in [0.15, 0.2) is 81.8 Å². The van der Waals surface area contributed by atoms with Crippen LogP contribution in [0.1, 0.15) is 49.9 Å². The summed E-state index contributed by atoms with van der Waals surface area (Å²) in [5, 5.41) is 12.1. The van der Waals surface area contributed by atoms with Gasteiger partial charge in [-0.25, -0.2) is 4.39 Å². The highest BCUT2D eigenvalue weighted by Gasteiger charge is 2.25. The monoisotopic (exact) mass is 616 g/mol. The van der Waals surface area contributed by atoms with Gasteiger partial charge in [0.25, 0.3) is 5.91 Å². The molecule has 1 atom stereocenters. The van der Waals surface area contributed by atoms with E-state index in [9.17, 15) is 4.79 Å². The van der Waals surface area contributed by atoms with Crippen molar-refractivity contribution in [1.82, 2.24) is 4.57 Å². The van der Waals surface area contributed by atoms with Crippen LogP contribution in [0.5, 0.6) is 0 Å². The van der Waals surface area contributed by atoms with Crippen LogP contribution in [0.3, 0.4) is 0 Å². The second kappa shape index (κ2) is 11.9. The molecule has 5 aromatic rings. The summed E-state index contributed by atoms with van der Waals surface area (Å²) >= 11 is 0. The Kier molecular flexibility index (Phi) is 7.64. The van der Waals surface area contributed by atoms with Crippen LogP contribution in [-0.4, -0.2) is 24.1 Å². The number of halogens is 1. The first-order chi connectivity index (χ1) is 22.4. The fourth-order valence-corrected chi connectivity index (χ4v) is 6.33. The summed E-state index contributed by atoms with van der Waals surface area (Å²) in [5.41, 5.74) is 5.84. The number of hydrogen-bond donors (Lipinski definition) is 3. The van der Waals surface area contributed by atoms with Crippen molar-refractivity contribution in [2.75, 3.05) is 29.5 Å². The van der Waals surface area contributed by atoms with E-state index in [1.165, 1.54) is 12.5 Å². The molecule has 2 aliphatic rings. The molecule has 8 heteroatoms. The highest BCUT2D eigenvalue weighted by Crippen LogP contribution is 2.39. The van der Waals surface area contributed by atoms with E-state index in [0.717, 1.165) is 41.3 Å². The zero-order valence-electron chi connectivity index (χ0n) is 26.3. The first-order valence-electron chi connectivity index (χ1n) is 15.9. The topological polar surface area (TPSA) is 84.4 Å². The van der Waals surface area contributed by atoms with Crippen molar-refractivity contribution in [2.24, 2.45) is 5.92 Å². The summed E-state index contributed by atoms with van der Waals surface area (Å²) in [4.78, 5) is 13.7. The van der Waals surface area contributed by atoms with E-state index in [1.54, 1.807) is 6.20 Å². The Morgan fingerprint density at radius 3 is 2.50 bits per heavy atom. The number of carbonyl (C=O) groups excluding carboxylic acids is 1. The molecular formula is C38H37FN4O3. The van der Waals surface area contributed by atoms with Gasteiger partial charge in [0.05, 0.1) is 16.8 Å². The molecule has 0 spiro atoms. The number of anilines is 3. The molecule has 3 heterocycles. The molecule has 3 N–H and O–H groups in total. The highest BCUT2D eigenvalue weighted by atomic mass is 19.1. The van der Waals surface area contributed by atoms with Gasteiger partial charge in [0.15, 0.2) is 17.0 Å². The van der Waals surface area contributed by atoms with Crippen molar-refractivity contribution in [3.05, 3.63) is 89.5 Å². The standard InChI is InChI=1S/C38H37FN4O3/c1-5-6-9-22(2)16-17-41-35-30(39)18-27-23(3)29(38(44)42-25-14-12-24(40-4)13-15-25)21-43-31-20-33-28(19-34(31)46-37(35)36(27)43)26-10-7-8-11-32(26)45-33/h7-8,10-15,18-22,40-41H,3,5-6,9,16-17H2,1-2,4H3,(H,42,44). The van der Waals surface area contributed by atoms with Crippen molar-refractivity contribution >= 4 is 73.6 Å². The lowest BCUT2D eigenvalue weighted by Crippen LogP contribution is -2.25. The van der Waals surface area contributed by atoms with E-state index in [2.05, 4.69) is 36.4 Å². The average Bonchev–Trinajstić information content (AvgIpc) is 3.43. The number of benzene rings is 4. The number of aromatic nitrogens is 1. The first kappa shape index (κ1) is 29.5. The van der Waals surface area contributed by atoms with E-state index in [4.69, 9.17) is 8.83 Å². The van der Waals surface area contributed by atoms with Crippen molar-refractivity contribution < 1.29 is 18.0 Å². The number of para-hydroxylation sites is 1. The predicted molar refractivity (Wildman–Crippen MR) is 187 cm³/mol. The van der Waals surface area contributed by atoms with Crippen molar-refractivity contribution in [2.45, 2.75) is 39.5 Å². The molecule has 234 valence electrons. The Morgan fingerprint density at radius 2 is 1.72 bits per heavy atom. The Hall–Kier alpha value is -5.24. The van der Waals surface area contributed by atoms with Crippen LogP contribution in [0, 0.1) is 11.7 Å². The normalized spacial score (nSPS) is 12.4. The second-order valence-corrected chi connectivity index (χ2v) is 12.1. The Labute approximate surface area is 266 Å². The van der Waals surface area contributed by atoms with Gasteiger partial charge in [0.1, 0.15) is 16.9 Å². The van der Waals surface area contributed by atoms with E-state index < -0.39 is 5.82 Å². The third-order valence-electron chi connectivity index (χ3n) is 8.95. The van der Waals surface area contributed by atoms with E-state index in [0.29, 0.717) is 68.0 Å². The number of unbranched alkanes of at least 4 members (excludes halogenated alkanes) is 1. The number of nitrogens with zero attached hydrogens (tertiary/aromatic N) is 1. The number of pyridine rings is 1. The number of amides is 1. The third-order valence-corrected chi connectivity index (χ3v) is 8.95. The molecule has 0 radical (unpaired) electrons. The maximum absolute atomic E-state index is 16.1. The fourth-order valence-electron chi connectivity index (χ4n) is 6.33. The minimum Gasteiger partial charge on any atom is -0.456 e. The Bertz CT molecular complexity index is 2260. The van der Waals surface area contributed by atoms with Gasteiger partial charge < -0.3 is 29.4 Å². The molecule has 46 heavy (non-hydrogen) atoms. The van der Waals surface area contributed by atoms with Crippen molar-refractivity contribution in [1.29, 1.82) is 0 Å². The SMILES string of the molecule is C=c1c(C(=O)Nc2ccc(NC)cc2)cn2c3cc4oc5ccccc5c4cc3oc3c(NCCC(C)CCCC)c(F)cc1c3-2. The Balaban J connectivity index is 1.42. The predicted octanol–water partition coefficient (Wildman–Crippen LogP) is 9.47. The minimum atomic E-state index is -0.460. The molecule has 0 bridgehead atoms. The molecular weight excluding hydrogens is 579 g/mol. The van der Waals surface area contributed by atoms with E-state index in [-0.39, 0.29) is 5.91 Å².